The highest BCUT2D eigenvalue weighted by Gasteiger charge is 2.16. The van der Waals surface area contributed by atoms with Gasteiger partial charge in [0.25, 0.3) is 0 Å². The van der Waals surface area contributed by atoms with Crippen LogP contribution < -0.4 is 5.73 Å². The van der Waals surface area contributed by atoms with E-state index in [1.807, 2.05) is 0 Å². The zero-order chi connectivity index (χ0) is 12.1. The lowest BCUT2D eigenvalue weighted by molar-refractivity contribution is -0.144. The molecule has 3 N–H and O–H groups in total. The Bertz CT molecular complexity index is 381. The number of carbonyl (C=O) groups is 1. The van der Waals surface area contributed by atoms with Crippen molar-refractivity contribution in [1.82, 2.24) is 0 Å². The first-order valence-electron chi connectivity index (χ1n) is 4.94. The Labute approximate surface area is 103 Å². The van der Waals surface area contributed by atoms with E-state index in [0.29, 0.717) is 12.2 Å². The molecule has 5 heteroatoms. The number of nitrogens with two attached hydrogens (primary N) is 1. The molecule has 0 aliphatic rings. The van der Waals surface area contributed by atoms with E-state index in [-0.39, 0.29) is 12.2 Å². The number of ether oxygens (including phenoxy) is 1. The molecular weight excluding hydrogens is 274 g/mol. The number of halogens is 1. The molecule has 0 heterocycles. The van der Waals surface area contributed by atoms with Gasteiger partial charge in [-0.1, -0.05) is 15.9 Å². The first-order valence-corrected chi connectivity index (χ1v) is 5.73. The van der Waals surface area contributed by atoms with Crippen molar-refractivity contribution < 1.29 is 14.6 Å². The van der Waals surface area contributed by atoms with Crippen molar-refractivity contribution in [2.75, 3.05) is 6.61 Å². The number of esters is 1. The maximum absolute atomic E-state index is 11.3. The number of aromatic hydroxyl groups is 1. The van der Waals surface area contributed by atoms with Crippen molar-refractivity contribution in [2.24, 2.45) is 5.73 Å². The first kappa shape index (κ1) is 13.0. The van der Waals surface area contributed by atoms with E-state index in [0.717, 1.165) is 4.47 Å². The highest BCUT2D eigenvalue weighted by molar-refractivity contribution is 9.10. The molecule has 0 spiro atoms. The summed E-state index contributed by atoms with van der Waals surface area (Å²) in [6.45, 7) is 2.03. The van der Waals surface area contributed by atoms with Gasteiger partial charge in [-0.3, -0.25) is 4.79 Å². The lowest BCUT2D eigenvalue weighted by Gasteiger charge is -2.11. The van der Waals surface area contributed by atoms with Crippen LogP contribution in [0, 0.1) is 0 Å². The third-order valence-corrected chi connectivity index (χ3v) is 2.56. The fourth-order valence-corrected chi connectivity index (χ4v) is 1.70. The van der Waals surface area contributed by atoms with E-state index in [9.17, 15) is 9.90 Å². The second kappa shape index (κ2) is 5.86. The van der Waals surface area contributed by atoms with E-state index >= 15 is 0 Å². The molecule has 0 amide bonds. The quantitative estimate of drug-likeness (QED) is 0.825. The molecular formula is C11H14BrNO3. The minimum Gasteiger partial charge on any atom is -0.508 e. The van der Waals surface area contributed by atoms with Crippen LogP contribution in [0.5, 0.6) is 5.75 Å². The van der Waals surface area contributed by atoms with E-state index in [2.05, 4.69) is 15.9 Å². The van der Waals surface area contributed by atoms with Crippen LogP contribution in [-0.4, -0.2) is 23.7 Å². The van der Waals surface area contributed by atoms with Crippen LogP contribution in [0.3, 0.4) is 0 Å². The van der Waals surface area contributed by atoms with Gasteiger partial charge in [0, 0.05) is 10.9 Å². The van der Waals surface area contributed by atoms with Gasteiger partial charge >= 0.3 is 5.97 Å². The van der Waals surface area contributed by atoms with E-state index in [1.165, 1.54) is 0 Å². The molecule has 0 fully saturated rings. The van der Waals surface area contributed by atoms with Crippen molar-refractivity contribution in [1.29, 1.82) is 0 Å². The maximum atomic E-state index is 11.3. The number of hydrogen-bond donors (Lipinski definition) is 2. The Morgan fingerprint density at radius 1 is 1.62 bits per heavy atom. The van der Waals surface area contributed by atoms with Gasteiger partial charge in [-0.05, 0) is 30.7 Å². The summed E-state index contributed by atoms with van der Waals surface area (Å²) in [4.78, 5) is 11.3. The minimum absolute atomic E-state index is 0.128. The standard InChI is InChI=1S/C11H14BrNO3/c1-2-16-11(15)9(13)6-7-5-8(12)3-4-10(7)14/h3-5,9,14H,2,6,13H2,1H3. The van der Waals surface area contributed by atoms with Gasteiger partial charge in [0.1, 0.15) is 11.8 Å². The number of hydrogen-bond acceptors (Lipinski definition) is 4. The summed E-state index contributed by atoms with van der Waals surface area (Å²) in [5.74, 6) is -0.329. The molecule has 1 aromatic rings. The lowest BCUT2D eigenvalue weighted by Crippen LogP contribution is -2.34. The number of carbonyl (C=O) groups excluding carboxylic acids is 1. The fraction of sp³-hybridized carbons (Fsp3) is 0.364. The van der Waals surface area contributed by atoms with Crippen LogP contribution in [-0.2, 0) is 16.0 Å². The Morgan fingerprint density at radius 2 is 2.31 bits per heavy atom. The number of phenolic OH excluding ortho intramolecular Hbond substituents is 1. The zero-order valence-electron chi connectivity index (χ0n) is 8.94. The lowest BCUT2D eigenvalue weighted by atomic mass is 10.1. The van der Waals surface area contributed by atoms with E-state index in [4.69, 9.17) is 10.5 Å². The SMILES string of the molecule is CCOC(=O)C(N)Cc1cc(Br)ccc1O. The first-order chi connectivity index (χ1) is 7.54. The third kappa shape index (κ3) is 3.50. The summed E-state index contributed by atoms with van der Waals surface area (Å²) in [7, 11) is 0. The molecule has 0 radical (unpaired) electrons. The van der Waals surface area contributed by atoms with Crippen LogP contribution in [0.25, 0.3) is 0 Å². The molecule has 0 saturated heterocycles. The Morgan fingerprint density at radius 3 is 2.94 bits per heavy atom. The highest BCUT2D eigenvalue weighted by Crippen LogP contribution is 2.22. The second-order valence-electron chi connectivity index (χ2n) is 3.34. The molecule has 88 valence electrons. The van der Waals surface area contributed by atoms with Gasteiger partial charge in [0.05, 0.1) is 6.61 Å². The fourth-order valence-electron chi connectivity index (χ4n) is 1.29. The normalized spacial score (nSPS) is 12.2. The van der Waals surface area contributed by atoms with Gasteiger partial charge in [0.2, 0.25) is 0 Å². The largest absolute Gasteiger partial charge is 0.508 e. The zero-order valence-corrected chi connectivity index (χ0v) is 10.5. The Kier molecular flexibility index (Phi) is 4.76. The van der Waals surface area contributed by atoms with Crippen molar-refractivity contribution in [3.8, 4) is 5.75 Å². The smallest absolute Gasteiger partial charge is 0.323 e. The molecule has 1 rings (SSSR count). The average molecular weight is 288 g/mol. The molecule has 0 aliphatic carbocycles. The molecule has 0 saturated carbocycles. The molecule has 16 heavy (non-hydrogen) atoms. The van der Waals surface area contributed by atoms with Gasteiger partial charge in [-0.15, -0.1) is 0 Å². The van der Waals surface area contributed by atoms with E-state index < -0.39 is 12.0 Å². The summed E-state index contributed by atoms with van der Waals surface area (Å²) in [6.07, 6.45) is 0.254. The molecule has 0 bridgehead atoms. The number of rotatable bonds is 4. The van der Waals surface area contributed by atoms with Crippen molar-refractivity contribution in [3.63, 3.8) is 0 Å². The molecule has 1 atom stereocenters. The molecule has 1 aromatic carbocycles. The summed E-state index contributed by atoms with van der Waals surface area (Å²) >= 11 is 3.29. The summed E-state index contributed by atoms with van der Waals surface area (Å²) in [5, 5.41) is 9.57. The van der Waals surface area contributed by atoms with Crippen LogP contribution in [0.4, 0.5) is 0 Å². The van der Waals surface area contributed by atoms with Crippen molar-refractivity contribution in [3.05, 3.63) is 28.2 Å². The predicted molar refractivity (Wildman–Crippen MR) is 64.1 cm³/mol. The third-order valence-electron chi connectivity index (χ3n) is 2.07. The van der Waals surface area contributed by atoms with Crippen molar-refractivity contribution in [2.45, 2.75) is 19.4 Å². The van der Waals surface area contributed by atoms with Gasteiger partial charge in [-0.2, -0.15) is 0 Å². The minimum atomic E-state index is -0.750. The summed E-state index contributed by atoms with van der Waals surface area (Å²) in [6, 6.07) is 4.25. The summed E-state index contributed by atoms with van der Waals surface area (Å²) < 4.78 is 5.62. The Balaban J connectivity index is 2.72. The van der Waals surface area contributed by atoms with Gasteiger partial charge in [0.15, 0.2) is 0 Å². The van der Waals surface area contributed by atoms with Crippen LogP contribution in [0.1, 0.15) is 12.5 Å². The van der Waals surface area contributed by atoms with Crippen molar-refractivity contribution >= 4 is 21.9 Å². The van der Waals surface area contributed by atoms with Crippen LogP contribution >= 0.6 is 15.9 Å². The van der Waals surface area contributed by atoms with Gasteiger partial charge in [-0.25, -0.2) is 0 Å². The second-order valence-corrected chi connectivity index (χ2v) is 4.25. The van der Waals surface area contributed by atoms with E-state index in [1.54, 1.807) is 25.1 Å². The molecule has 0 aromatic heterocycles. The number of phenols is 1. The molecule has 4 nitrogen and oxygen atoms in total. The highest BCUT2D eigenvalue weighted by atomic mass is 79.9. The average Bonchev–Trinajstić information content (AvgIpc) is 2.23. The monoisotopic (exact) mass is 287 g/mol. The Hall–Kier alpha value is -1.07. The van der Waals surface area contributed by atoms with Crippen LogP contribution in [0.2, 0.25) is 0 Å². The molecule has 1 unspecified atom stereocenters. The summed E-state index contributed by atoms with van der Waals surface area (Å²) in [5.41, 5.74) is 6.27. The van der Waals surface area contributed by atoms with Gasteiger partial charge < -0.3 is 15.6 Å². The number of benzene rings is 1. The topological polar surface area (TPSA) is 72.5 Å². The predicted octanol–water partition coefficient (Wildman–Crippen LogP) is 1.59. The molecule has 0 aliphatic heterocycles. The maximum Gasteiger partial charge on any atom is 0.323 e. The van der Waals surface area contributed by atoms with Crippen LogP contribution in [0.15, 0.2) is 22.7 Å².